The van der Waals surface area contributed by atoms with Crippen molar-refractivity contribution in [2.24, 2.45) is 0 Å². The Morgan fingerprint density at radius 2 is 1.96 bits per heavy atom. The first-order chi connectivity index (χ1) is 12.1. The average Bonchev–Trinajstić information content (AvgIpc) is 2.56. The van der Waals surface area contributed by atoms with Crippen molar-refractivity contribution in [3.05, 3.63) is 56.0 Å². The summed E-state index contributed by atoms with van der Waals surface area (Å²) in [6.07, 6.45) is -1.29. The van der Waals surface area contributed by atoms with Gasteiger partial charge >= 0.3 is 6.09 Å². The molecule has 138 valence electrons. The number of rotatable bonds is 5. The zero-order valence-corrected chi connectivity index (χ0v) is 16.1. The topological polar surface area (TPSA) is 125 Å². The standard InChI is InChI=1S/C14H10BrClN2O7S/c1-24-14(19)17-26(22,23)13-7-9(3-4-11(13)18(20)21)25-12-5-2-8(15)6-10(12)16/h2-7H,1H3,(H,17,19). The summed E-state index contributed by atoms with van der Waals surface area (Å²) in [5.41, 5.74) is -0.740. The molecule has 9 nitrogen and oxygen atoms in total. The summed E-state index contributed by atoms with van der Waals surface area (Å²) in [7, 11) is -3.61. The fourth-order valence-electron chi connectivity index (χ4n) is 1.82. The largest absolute Gasteiger partial charge is 0.456 e. The number of carbonyl (C=O) groups excluding carboxylic acids is 1. The number of nitro groups is 1. The van der Waals surface area contributed by atoms with Crippen LogP contribution in [0.2, 0.25) is 5.02 Å². The Morgan fingerprint density at radius 1 is 1.27 bits per heavy atom. The molecule has 0 aliphatic heterocycles. The Labute approximate surface area is 161 Å². The van der Waals surface area contributed by atoms with Crippen LogP contribution < -0.4 is 9.46 Å². The van der Waals surface area contributed by atoms with Gasteiger partial charge in [0.2, 0.25) is 0 Å². The van der Waals surface area contributed by atoms with Crippen molar-refractivity contribution in [2.45, 2.75) is 4.90 Å². The second kappa shape index (κ2) is 7.89. The lowest BCUT2D eigenvalue weighted by molar-refractivity contribution is -0.387. The molecule has 2 aromatic rings. The number of hydrogen-bond donors (Lipinski definition) is 1. The Hall–Kier alpha value is -2.37. The van der Waals surface area contributed by atoms with Crippen LogP contribution in [0.15, 0.2) is 45.8 Å². The molecule has 12 heteroatoms. The first kappa shape index (κ1) is 19.9. The van der Waals surface area contributed by atoms with E-state index in [0.29, 0.717) is 4.47 Å². The van der Waals surface area contributed by atoms with E-state index in [2.05, 4.69) is 20.7 Å². The molecule has 0 unspecified atom stereocenters. The average molecular weight is 466 g/mol. The molecule has 2 aromatic carbocycles. The number of nitrogens with zero attached hydrogens (tertiary/aromatic N) is 1. The number of benzene rings is 2. The highest BCUT2D eigenvalue weighted by molar-refractivity contribution is 9.10. The predicted octanol–water partition coefficient (Wildman–Crippen LogP) is 3.85. The highest BCUT2D eigenvalue weighted by atomic mass is 79.9. The zero-order valence-electron chi connectivity index (χ0n) is 12.9. The van der Waals surface area contributed by atoms with Gasteiger partial charge in [-0.2, -0.15) is 0 Å². The van der Waals surface area contributed by atoms with E-state index in [-0.39, 0.29) is 16.5 Å². The molecule has 0 radical (unpaired) electrons. The molecule has 0 saturated carbocycles. The minimum Gasteiger partial charge on any atom is -0.456 e. The molecular formula is C14H10BrClN2O7S. The van der Waals surface area contributed by atoms with Gasteiger partial charge in [-0.3, -0.25) is 10.1 Å². The normalized spacial score (nSPS) is 10.9. The number of halogens is 2. The van der Waals surface area contributed by atoms with Crippen LogP contribution in [-0.4, -0.2) is 26.5 Å². The summed E-state index contributed by atoms with van der Waals surface area (Å²) in [5, 5.41) is 11.3. The van der Waals surface area contributed by atoms with Crippen molar-refractivity contribution in [3.63, 3.8) is 0 Å². The lowest BCUT2D eigenvalue weighted by Crippen LogP contribution is -2.30. The van der Waals surface area contributed by atoms with Gasteiger partial charge in [0.05, 0.1) is 17.1 Å². The molecule has 1 amide bonds. The van der Waals surface area contributed by atoms with Crippen molar-refractivity contribution in [3.8, 4) is 11.5 Å². The van der Waals surface area contributed by atoms with Crippen molar-refractivity contribution in [2.75, 3.05) is 7.11 Å². The van der Waals surface area contributed by atoms with E-state index in [1.807, 2.05) is 0 Å². The molecule has 0 spiro atoms. The van der Waals surface area contributed by atoms with Crippen LogP contribution in [0.5, 0.6) is 11.5 Å². The Kier molecular flexibility index (Phi) is 6.05. The lowest BCUT2D eigenvalue weighted by atomic mass is 10.3. The van der Waals surface area contributed by atoms with Gasteiger partial charge in [-0.05, 0) is 24.3 Å². The fraction of sp³-hybridized carbons (Fsp3) is 0.0714. The van der Waals surface area contributed by atoms with Crippen LogP contribution in [0.3, 0.4) is 0 Å². The summed E-state index contributed by atoms with van der Waals surface area (Å²) in [6.45, 7) is 0. The second-order valence-corrected chi connectivity index (χ2v) is 7.63. The summed E-state index contributed by atoms with van der Waals surface area (Å²) >= 11 is 9.25. The molecule has 0 saturated heterocycles. The van der Waals surface area contributed by atoms with Gasteiger partial charge in [0.1, 0.15) is 11.5 Å². The van der Waals surface area contributed by atoms with Crippen molar-refractivity contribution in [1.82, 2.24) is 4.72 Å². The first-order valence-corrected chi connectivity index (χ1v) is 9.31. The highest BCUT2D eigenvalue weighted by Gasteiger charge is 2.28. The number of nitro benzene ring substituents is 1. The number of amides is 1. The number of hydrogen-bond acceptors (Lipinski definition) is 7. The number of sulfonamides is 1. The predicted molar refractivity (Wildman–Crippen MR) is 95.0 cm³/mol. The van der Waals surface area contributed by atoms with E-state index < -0.39 is 31.6 Å². The molecule has 0 aromatic heterocycles. The van der Waals surface area contributed by atoms with Crippen molar-refractivity contribution >= 4 is 49.3 Å². The summed E-state index contributed by atoms with van der Waals surface area (Å²) in [4.78, 5) is 20.6. The molecule has 0 fully saturated rings. The van der Waals surface area contributed by atoms with E-state index in [0.717, 1.165) is 19.2 Å². The maximum absolute atomic E-state index is 12.2. The van der Waals surface area contributed by atoms with E-state index in [1.165, 1.54) is 12.1 Å². The minimum atomic E-state index is -4.57. The Balaban J connectivity index is 2.48. The number of carbonyl (C=O) groups is 1. The van der Waals surface area contributed by atoms with Crippen LogP contribution in [0.1, 0.15) is 0 Å². The van der Waals surface area contributed by atoms with E-state index in [4.69, 9.17) is 16.3 Å². The Bertz CT molecular complexity index is 981. The summed E-state index contributed by atoms with van der Waals surface area (Å²) < 4.78 is 36.4. The quantitative estimate of drug-likeness (QED) is 0.525. The van der Waals surface area contributed by atoms with Crippen LogP contribution in [0, 0.1) is 10.1 Å². The maximum Gasteiger partial charge on any atom is 0.420 e. The number of nitrogens with one attached hydrogen (secondary N) is 1. The maximum atomic E-state index is 12.2. The molecule has 0 aliphatic carbocycles. The molecule has 2 rings (SSSR count). The lowest BCUT2D eigenvalue weighted by Gasteiger charge is -2.10. The number of ether oxygens (including phenoxy) is 2. The molecular weight excluding hydrogens is 456 g/mol. The van der Waals surface area contributed by atoms with E-state index >= 15 is 0 Å². The van der Waals surface area contributed by atoms with Crippen LogP contribution in [0.4, 0.5) is 10.5 Å². The first-order valence-electron chi connectivity index (χ1n) is 6.66. The Morgan fingerprint density at radius 3 is 2.54 bits per heavy atom. The molecule has 1 N–H and O–H groups in total. The van der Waals surface area contributed by atoms with Crippen LogP contribution >= 0.6 is 27.5 Å². The van der Waals surface area contributed by atoms with Gasteiger partial charge in [0, 0.05) is 16.6 Å². The van der Waals surface area contributed by atoms with Gasteiger partial charge in [0.15, 0.2) is 4.90 Å². The van der Waals surface area contributed by atoms with Gasteiger partial charge in [0.25, 0.3) is 15.7 Å². The smallest absolute Gasteiger partial charge is 0.420 e. The second-order valence-electron chi connectivity index (χ2n) is 4.66. The third-order valence-corrected chi connectivity index (χ3v) is 5.07. The molecule has 26 heavy (non-hydrogen) atoms. The van der Waals surface area contributed by atoms with E-state index in [9.17, 15) is 23.3 Å². The van der Waals surface area contributed by atoms with Gasteiger partial charge < -0.3 is 9.47 Å². The van der Waals surface area contributed by atoms with Gasteiger partial charge in [-0.25, -0.2) is 17.9 Å². The molecule has 0 atom stereocenters. The van der Waals surface area contributed by atoms with Crippen molar-refractivity contribution < 1.29 is 27.6 Å². The number of methoxy groups -OCH3 is 1. The molecule has 0 bridgehead atoms. The van der Waals surface area contributed by atoms with Crippen LogP contribution in [0.25, 0.3) is 0 Å². The SMILES string of the molecule is COC(=O)NS(=O)(=O)c1cc(Oc2ccc(Br)cc2Cl)ccc1[N+](=O)[O-]. The van der Waals surface area contributed by atoms with Gasteiger partial charge in [-0.1, -0.05) is 27.5 Å². The highest BCUT2D eigenvalue weighted by Crippen LogP contribution is 2.34. The third-order valence-electron chi connectivity index (χ3n) is 2.94. The van der Waals surface area contributed by atoms with Crippen molar-refractivity contribution in [1.29, 1.82) is 0 Å². The summed E-state index contributed by atoms with van der Waals surface area (Å²) in [6, 6.07) is 7.76. The minimum absolute atomic E-state index is 0.0370. The van der Waals surface area contributed by atoms with Gasteiger partial charge in [-0.15, -0.1) is 0 Å². The van der Waals surface area contributed by atoms with E-state index in [1.54, 1.807) is 16.9 Å². The van der Waals surface area contributed by atoms with Crippen LogP contribution in [-0.2, 0) is 14.8 Å². The zero-order chi connectivity index (χ0) is 19.5. The monoisotopic (exact) mass is 464 g/mol. The molecule has 0 heterocycles. The fourth-order valence-corrected chi connectivity index (χ4v) is 3.63. The molecule has 0 aliphatic rings. The third kappa shape index (κ3) is 4.62. The summed E-state index contributed by atoms with van der Waals surface area (Å²) in [5.74, 6) is 0.165.